The number of urea groups is 1. The smallest absolute Gasteiger partial charge is 0.323 e. The van der Waals surface area contributed by atoms with Gasteiger partial charge in [0.15, 0.2) is 0 Å². The Bertz CT molecular complexity index is 1540. The van der Waals surface area contributed by atoms with Crippen LogP contribution in [0.2, 0.25) is 0 Å². The van der Waals surface area contributed by atoms with Crippen molar-refractivity contribution < 1.29 is 19.1 Å². The molecule has 5 rings (SSSR count). The van der Waals surface area contributed by atoms with E-state index in [-0.39, 0.29) is 5.91 Å². The standard InChI is InChI=1S/C34H37N5O4/c1-3-43-31-15-9-7-13-28(31)37-34(41)36-26-17-18-29(27(23-26)33(40)35-24-25-11-5-4-6-12-25)38-19-21-39(22-20-38)30-14-8-10-16-32(30)42-2/h4-18,23H,3,19-22,24H2,1-2H3,(H,35,40)(H2,36,37,41). The van der Waals surface area contributed by atoms with Gasteiger partial charge in [0.2, 0.25) is 0 Å². The van der Waals surface area contributed by atoms with Gasteiger partial charge in [-0.15, -0.1) is 0 Å². The Kier molecular flexibility index (Phi) is 9.63. The molecule has 1 saturated heterocycles. The average molecular weight is 580 g/mol. The van der Waals surface area contributed by atoms with E-state index in [0.29, 0.717) is 35.8 Å². The number of carbonyl (C=O) groups is 2. The number of anilines is 4. The van der Waals surface area contributed by atoms with E-state index in [9.17, 15) is 9.59 Å². The maximum atomic E-state index is 13.6. The molecule has 0 unspecified atom stereocenters. The molecule has 1 fully saturated rings. The molecular weight excluding hydrogens is 542 g/mol. The number of nitrogens with one attached hydrogen (secondary N) is 3. The van der Waals surface area contributed by atoms with E-state index in [1.807, 2.05) is 79.7 Å². The van der Waals surface area contributed by atoms with Crippen molar-refractivity contribution in [1.82, 2.24) is 5.32 Å². The Balaban J connectivity index is 1.34. The number of nitrogens with zero attached hydrogens (tertiary/aromatic N) is 2. The van der Waals surface area contributed by atoms with Crippen LogP contribution in [-0.2, 0) is 6.54 Å². The third kappa shape index (κ3) is 7.37. The van der Waals surface area contributed by atoms with Crippen molar-refractivity contribution in [2.45, 2.75) is 13.5 Å². The number of hydrogen-bond donors (Lipinski definition) is 3. The molecular formula is C34H37N5O4. The molecule has 0 aromatic heterocycles. The van der Waals surface area contributed by atoms with Gasteiger partial charge in [-0.1, -0.05) is 54.6 Å². The molecule has 9 nitrogen and oxygen atoms in total. The van der Waals surface area contributed by atoms with Gasteiger partial charge >= 0.3 is 6.03 Å². The van der Waals surface area contributed by atoms with E-state index < -0.39 is 6.03 Å². The van der Waals surface area contributed by atoms with E-state index in [0.717, 1.165) is 48.9 Å². The number of benzene rings is 4. The number of hydrogen-bond acceptors (Lipinski definition) is 6. The summed E-state index contributed by atoms with van der Waals surface area (Å²) in [5.41, 5.74) is 4.44. The molecule has 1 aliphatic rings. The number of amides is 3. The fourth-order valence-electron chi connectivity index (χ4n) is 5.16. The van der Waals surface area contributed by atoms with Crippen molar-refractivity contribution in [3.63, 3.8) is 0 Å². The molecule has 1 heterocycles. The Morgan fingerprint density at radius 2 is 1.40 bits per heavy atom. The van der Waals surface area contributed by atoms with Crippen molar-refractivity contribution >= 4 is 34.7 Å². The molecule has 222 valence electrons. The van der Waals surface area contributed by atoms with Crippen LogP contribution in [0.1, 0.15) is 22.8 Å². The number of carbonyl (C=O) groups excluding carboxylic acids is 2. The second-order valence-corrected chi connectivity index (χ2v) is 10.1. The van der Waals surface area contributed by atoms with E-state index in [4.69, 9.17) is 9.47 Å². The second-order valence-electron chi connectivity index (χ2n) is 10.1. The van der Waals surface area contributed by atoms with Gasteiger partial charge in [0.05, 0.1) is 30.7 Å². The maximum absolute atomic E-state index is 13.6. The highest BCUT2D eigenvalue weighted by molar-refractivity contribution is 6.04. The van der Waals surface area contributed by atoms with Gasteiger partial charge in [0.25, 0.3) is 5.91 Å². The van der Waals surface area contributed by atoms with E-state index in [2.05, 4.69) is 31.8 Å². The van der Waals surface area contributed by atoms with Crippen molar-refractivity contribution in [2.75, 3.05) is 60.3 Å². The summed E-state index contributed by atoms with van der Waals surface area (Å²) in [7, 11) is 1.68. The first-order valence-corrected chi connectivity index (χ1v) is 14.4. The van der Waals surface area contributed by atoms with Crippen LogP contribution in [0.4, 0.5) is 27.5 Å². The number of para-hydroxylation sites is 4. The highest BCUT2D eigenvalue weighted by Gasteiger charge is 2.24. The quantitative estimate of drug-likeness (QED) is 0.214. The summed E-state index contributed by atoms with van der Waals surface area (Å²) in [5.74, 6) is 1.22. The predicted molar refractivity (Wildman–Crippen MR) is 172 cm³/mol. The molecule has 1 aliphatic heterocycles. The van der Waals surface area contributed by atoms with Crippen LogP contribution in [0, 0.1) is 0 Å². The Labute approximate surface area is 252 Å². The lowest BCUT2D eigenvalue weighted by atomic mass is 10.1. The summed E-state index contributed by atoms with van der Waals surface area (Å²) in [5, 5.41) is 8.77. The average Bonchev–Trinajstić information content (AvgIpc) is 3.05. The topological polar surface area (TPSA) is 95.2 Å². The molecule has 4 aromatic carbocycles. The van der Waals surface area contributed by atoms with Gasteiger partial charge in [-0.25, -0.2) is 4.79 Å². The Hall–Kier alpha value is -5.18. The second kappa shape index (κ2) is 14.1. The molecule has 4 aromatic rings. The number of ether oxygens (including phenoxy) is 2. The van der Waals surface area contributed by atoms with Crippen LogP contribution in [0.5, 0.6) is 11.5 Å². The number of methoxy groups -OCH3 is 1. The van der Waals surface area contributed by atoms with E-state index in [1.54, 1.807) is 25.3 Å². The Morgan fingerprint density at radius 3 is 2.12 bits per heavy atom. The fraction of sp³-hybridized carbons (Fsp3) is 0.235. The third-order valence-corrected chi connectivity index (χ3v) is 7.28. The van der Waals surface area contributed by atoms with Crippen LogP contribution < -0.4 is 35.2 Å². The zero-order valence-electron chi connectivity index (χ0n) is 24.5. The minimum atomic E-state index is -0.430. The Morgan fingerprint density at radius 1 is 0.744 bits per heavy atom. The van der Waals surface area contributed by atoms with Gasteiger partial charge in [-0.2, -0.15) is 0 Å². The minimum absolute atomic E-state index is 0.211. The monoisotopic (exact) mass is 579 g/mol. The van der Waals surface area contributed by atoms with Crippen LogP contribution in [-0.4, -0.2) is 51.8 Å². The van der Waals surface area contributed by atoms with Crippen LogP contribution in [0.3, 0.4) is 0 Å². The number of rotatable bonds is 10. The van der Waals surface area contributed by atoms with Gasteiger partial charge in [-0.05, 0) is 55.0 Å². The lowest BCUT2D eigenvalue weighted by molar-refractivity contribution is 0.0951. The van der Waals surface area contributed by atoms with Gasteiger partial charge in [0, 0.05) is 44.1 Å². The van der Waals surface area contributed by atoms with Crippen molar-refractivity contribution in [1.29, 1.82) is 0 Å². The predicted octanol–water partition coefficient (Wildman–Crippen LogP) is 5.99. The highest BCUT2D eigenvalue weighted by atomic mass is 16.5. The van der Waals surface area contributed by atoms with Gasteiger partial charge < -0.3 is 35.2 Å². The number of piperazine rings is 1. The first-order chi connectivity index (χ1) is 21.1. The lowest BCUT2D eigenvalue weighted by Gasteiger charge is -2.38. The summed E-state index contributed by atoms with van der Waals surface area (Å²) < 4.78 is 11.2. The van der Waals surface area contributed by atoms with Gasteiger partial charge in [-0.3, -0.25) is 4.79 Å². The molecule has 43 heavy (non-hydrogen) atoms. The largest absolute Gasteiger partial charge is 0.495 e. The fourth-order valence-corrected chi connectivity index (χ4v) is 5.16. The minimum Gasteiger partial charge on any atom is -0.495 e. The zero-order valence-corrected chi connectivity index (χ0v) is 24.5. The molecule has 3 amide bonds. The molecule has 0 radical (unpaired) electrons. The summed E-state index contributed by atoms with van der Waals surface area (Å²) in [4.78, 5) is 31.0. The molecule has 3 N–H and O–H groups in total. The molecule has 0 atom stereocenters. The molecule has 0 spiro atoms. The molecule has 0 saturated carbocycles. The maximum Gasteiger partial charge on any atom is 0.323 e. The molecule has 0 bridgehead atoms. The third-order valence-electron chi connectivity index (χ3n) is 7.28. The highest BCUT2D eigenvalue weighted by Crippen LogP contribution is 2.31. The lowest BCUT2D eigenvalue weighted by Crippen LogP contribution is -2.47. The van der Waals surface area contributed by atoms with Crippen LogP contribution in [0.25, 0.3) is 0 Å². The van der Waals surface area contributed by atoms with Crippen molar-refractivity contribution in [3.05, 3.63) is 108 Å². The van der Waals surface area contributed by atoms with E-state index in [1.165, 1.54) is 0 Å². The first-order valence-electron chi connectivity index (χ1n) is 14.4. The summed E-state index contributed by atoms with van der Waals surface area (Å²) >= 11 is 0. The van der Waals surface area contributed by atoms with Crippen molar-refractivity contribution in [3.8, 4) is 11.5 Å². The van der Waals surface area contributed by atoms with Crippen molar-refractivity contribution in [2.24, 2.45) is 0 Å². The van der Waals surface area contributed by atoms with E-state index >= 15 is 0 Å². The molecule has 9 heteroatoms. The zero-order chi connectivity index (χ0) is 30.0. The SMILES string of the molecule is CCOc1ccccc1NC(=O)Nc1ccc(N2CCN(c3ccccc3OC)CC2)c(C(=O)NCc2ccccc2)c1. The summed E-state index contributed by atoms with van der Waals surface area (Å²) in [6, 6.07) is 30.1. The normalized spacial score (nSPS) is 12.8. The molecule has 0 aliphatic carbocycles. The first kappa shape index (κ1) is 29.3. The summed E-state index contributed by atoms with van der Waals surface area (Å²) in [6.07, 6.45) is 0. The van der Waals surface area contributed by atoms with Crippen LogP contribution >= 0.6 is 0 Å². The summed E-state index contributed by atoms with van der Waals surface area (Å²) in [6.45, 7) is 5.75. The van der Waals surface area contributed by atoms with Crippen LogP contribution in [0.15, 0.2) is 97.1 Å². The van der Waals surface area contributed by atoms with Gasteiger partial charge in [0.1, 0.15) is 11.5 Å².